The molecule has 0 atom stereocenters. The summed E-state index contributed by atoms with van der Waals surface area (Å²) in [5.41, 5.74) is 3.04. The van der Waals surface area contributed by atoms with E-state index in [9.17, 15) is 4.79 Å². The molecule has 7 heteroatoms. The van der Waals surface area contributed by atoms with Gasteiger partial charge in [-0.05, 0) is 56.5 Å². The molecule has 3 heterocycles. The molecule has 1 N–H and O–H groups in total. The van der Waals surface area contributed by atoms with Gasteiger partial charge in [-0.2, -0.15) is 5.10 Å². The summed E-state index contributed by atoms with van der Waals surface area (Å²) in [4.78, 5) is 19.3. The molecule has 1 aliphatic heterocycles. The van der Waals surface area contributed by atoms with Gasteiger partial charge < -0.3 is 10.2 Å². The van der Waals surface area contributed by atoms with Crippen molar-refractivity contribution in [2.45, 2.75) is 26.7 Å². The van der Waals surface area contributed by atoms with E-state index < -0.39 is 0 Å². The summed E-state index contributed by atoms with van der Waals surface area (Å²) in [5, 5.41) is 12.0. The third-order valence-corrected chi connectivity index (χ3v) is 5.68. The monoisotopic (exact) mass is 367 g/mol. The highest BCUT2D eigenvalue weighted by molar-refractivity contribution is 7.22. The van der Waals surface area contributed by atoms with Crippen LogP contribution in [0.25, 0.3) is 10.2 Å². The average molecular weight is 367 g/mol. The van der Waals surface area contributed by atoms with Gasteiger partial charge in [-0.15, -0.1) is 5.10 Å². The van der Waals surface area contributed by atoms with Gasteiger partial charge in [-0.25, -0.2) is 4.98 Å². The summed E-state index contributed by atoms with van der Waals surface area (Å²) in [7, 11) is 0. The SMILES string of the molecule is Cc1ccc2nc(NC(=O)C3CCN(c4ccc(C)nn4)CC3)sc2c1. The van der Waals surface area contributed by atoms with Crippen molar-refractivity contribution in [2.75, 3.05) is 23.3 Å². The van der Waals surface area contributed by atoms with Crippen molar-refractivity contribution in [3.05, 3.63) is 41.6 Å². The van der Waals surface area contributed by atoms with Crippen LogP contribution < -0.4 is 10.2 Å². The number of aromatic nitrogens is 3. The predicted octanol–water partition coefficient (Wildman–Crippen LogP) is 3.56. The van der Waals surface area contributed by atoms with Crippen LogP contribution in [0.4, 0.5) is 10.9 Å². The van der Waals surface area contributed by atoms with Crippen LogP contribution in [0.2, 0.25) is 0 Å². The van der Waals surface area contributed by atoms with E-state index in [0.29, 0.717) is 5.13 Å². The number of nitrogens with zero attached hydrogens (tertiary/aromatic N) is 4. The number of anilines is 2. The fraction of sp³-hybridized carbons (Fsp3) is 0.368. The molecular weight excluding hydrogens is 346 g/mol. The lowest BCUT2D eigenvalue weighted by atomic mass is 9.96. The van der Waals surface area contributed by atoms with Gasteiger partial charge in [0.15, 0.2) is 10.9 Å². The van der Waals surface area contributed by atoms with Crippen LogP contribution in [0.15, 0.2) is 30.3 Å². The van der Waals surface area contributed by atoms with Crippen LogP contribution >= 0.6 is 11.3 Å². The van der Waals surface area contributed by atoms with Gasteiger partial charge in [0, 0.05) is 19.0 Å². The Kier molecular flexibility index (Phi) is 4.55. The molecule has 134 valence electrons. The number of aryl methyl sites for hydroxylation is 2. The van der Waals surface area contributed by atoms with Crippen LogP contribution in [0.3, 0.4) is 0 Å². The van der Waals surface area contributed by atoms with E-state index in [1.807, 2.05) is 31.2 Å². The summed E-state index contributed by atoms with van der Waals surface area (Å²) in [6.45, 7) is 5.62. The number of rotatable bonds is 3. The number of hydrogen-bond acceptors (Lipinski definition) is 6. The second-order valence-electron chi connectivity index (χ2n) is 6.77. The van der Waals surface area contributed by atoms with Gasteiger partial charge in [-0.3, -0.25) is 4.79 Å². The van der Waals surface area contributed by atoms with Crippen molar-refractivity contribution in [1.82, 2.24) is 15.2 Å². The van der Waals surface area contributed by atoms with Crippen LogP contribution in [0.1, 0.15) is 24.1 Å². The number of benzene rings is 1. The molecule has 0 spiro atoms. The highest BCUT2D eigenvalue weighted by atomic mass is 32.1. The predicted molar refractivity (Wildman–Crippen MR) is 105 cm³/mol. The van der Waals surface area contributed by atoms with Gasteiger partial charge in [0.25, 0.3) is 0 Å². The topological polar surface area (TPSA) is 71.0 Å². The zero-order valence-corrected chi connectivity index (χ0v) is 15.7. The van der Waals surface area contributed by atoms with Crippen molar-refractivity contribution in [3.8, 4) is 0 Å². The maximum Gasteiger partial charge on any atom is 0.229 e. The first kappa shape index (κ1) is 16.9. The van der Waals surface area contributed by atoms with Gasteiger partial charge in [-0.1, -0.05) is 17.4 Å². The van der Waals surface area contributed by atoms with E-state index in [2.05, 4.69) is 38.4 Å². The maximum atomic E-state index is 12.6. The van der Waals surface area contributed by atoms with E-state index in [0.717, 1.165) is 47.7 Å². The molecular formula is C19H21N5OS. The Bertz CT molecular complexity index is 929. The normalized spacial score (nSPS) is 15.4. The van der Waals surface area contributed by atoms with Crippen LogP contribution in [-0.4, -0.2) is 34.2 Å². The summed E-state index contributed by atoms with van der Waals surface area (Å²) >= 11 is 1.53. The number of fused-ring (bicyclic) bond motifs is 1. The number of carbonyl (C=O) groups excluding carboxylic acids is 1. The molecule has 1 aliphatic rings. The van der Waals surface area contributed by atoms with E-state index in [1.165, 1.54) is 16.9 Å². The molecule has 0 aliphatic carbocycles. The third kappa shape index (κ3) is 3.53. The molecule has 1 fully saturated rings. The summed E-state index contributed by atoms with van der Waals surface area (Å²) in [6.07, 6.45) is 1.62. The Morgan fingerprint density at radius 2 is 1.96 bits per heavy atom. The molecule has 2 aromatic heterocycles. The Hall–Kier alpha value is -2.54. The number of carbonyl (C=O) groups is 1. The minimum Gasteiger partial charge on any atom is -0.355 e. The molecule has 0 unspecified atom stereocenters. The second kappa shape index (κ2) is 6.99. The number of nitrogens with one attached hydrogen (secondary N) is 1. The van der Waals surface area contributed by atoms with E-state index in [4.69, 9.17) is 0 Å². The first-order chi connectivity index (χ1) is 12.6. The lowest BCUT2D eigenvalue weighted by molar-refractivity contribution is -0.120. The Labute approximate surface area is 156 Å². The quantitative estimate of drug-likeness (QED) is 0.766. The first-order valence-electron chi connectivity index (χ1n) is 8.82. The van der Waals surface area contributed by atoms with Crippen LogP contribution in [0.5, 0.6) is 0 Å². The van der Waals surface area contributed by atoms with Gasteiger partial charge >= 0.3 is 0 Å². The molecule has 0 bridgehead atoms. The molecule has 3 aromatic rings. The first-order valence-corrected chi connectivity index (χ1v) is 9.63. The maximum absolute atomic E-state index is 12.6. The fourth-order valence-corrected chi connectivity index (χ4v) is 4.19. The number of amides is 1. The largest absolute Gasteiger partial charge is 0.355 e. The average Bonchev–Trinajstić information content (AvgIpc) is 3.03. The standard InChI is InChI=1S/C19H21N5OS/c1-12-3-5-15-16(11-12)26-19(20-15)21-18(25)14-7-9-24(10-8-14)17-6-4-13(2)22-23-17/h3-6,11,14H,7-10H2,1-2H3,(H,20,21,25). The Balaban J connectivity index is 1.37. The van der Waals surface area contributed by atoms with E-state index in [1.54, 1.807) is 0 Å². The Morgan fingerprint density at radius 1 is 1.15 bits per heavy atom. The summed E-state index contributed by atoms with van der Waals surface area (Å²) in [5.74, 6) is 0.963. The zero-order valence-electron chi connectivity index (χ0n) is 14.9. The van der Waals surface area contributed by atoms with Crippen molar-refractivity contribution in [3.63, 3.8) is 0 Å². The van der Waals surface area contributed by atoms with Crippen molar-refractivity contribution in [2.24, 2.45) is 5.92 Å². The molecule has 0 saturated carbocycles. The number of hydrogen-bond donors (Lipinski definition) is 1. The molecule has 1 saturated heterocycles. The minimum atomic E-state index is 0.0124. The van der Waals surface area contributed by atoms with Gasteiger partial charge in [0.2, 0.25) is 5.91 Å². The van der Waals surface area contributed by atoms with Crippen molar-refractivity contribution < 1.29 is 4.79 Å². The zero-order chi connectivity index (χ0) is 18.1. The van der Waals surface area contributed by atoms with Crippen molar-refractivity contribution in [1.29, 1.82) is 0 Å². The van der Waals surface area contributed by atoms with Crippen LogP contribution in [-0.2, 0) is 4.79 Å². The van der Waals surface area contributed by atoms with E-state index in [-0.39, 0.29) is 11.8 Å². The highest BCUT2D eigenvalue weighted by Gasteiger charge is 2.26. The molecule has 4 rings (SSSR count). The minimum absolute atomic E-state index is 0.0124. The molecule has 6 nitrogen and oxygen atoms in total. The highest BCUT2D eigenvalue weighted by Crippen LogP contribution is 2.28. The molecule has 1 aromatic carbocycles. The van der Waals surface area contributed by atoms with Gasteiger partial charge in [0.1, 0.15) is 0 Å². The lowest BCUT2D eigenvalue weighted by Gasteiger charge is -2.31. The van der Waals surface area contributed by atoms with Gasteiger partial charge in [0.05, 0.1) is 15.9 Å². The summed E-state index contributed by atoms with van der Waals surface area (Å²) < 4.78 is 1.10. The summed E-state index contributed by atoms with van der Waals surface area (Å²) in [6, 6.07) is 10.1. The molecule has 26 heavy (non-hydrogen) atoms. The van der Waals surface area contributed by atoms with Crippen molar-refractivity contribution >= 4 is 38.4 Å². The third-order valence-electron chi connectivity index (χ3n) is 4.75. The Morgan fingerprint density at radius 3 is 2.69 bits per heavy atom. The number of thiazole rings is 1. The van der Waals surface area contributed by atoms with E-state index >= 15 is 0 Å². The fourth-order valence-electron chi connectivity index (χ4n) is 3.22. The smallest absolute Gasteiger partial charge is 0.229 e. The molecule has 1 amide bonds. The second-order valence-corrected chi connectivity index (χ2v) is 7.80. The number of piperidine rings is 1. The lowest BCUT2D eigenvalue weighted by Crippen LogP contribution is -2.38. The molecule has 0 radical (unpaired) electrons. The van der Waals surface area contributed by atoms with Crippen LogP contribution in [0, 0.1) is 19.8 Å².